The van der Waals surface area contributed by atoms with E-state index < -0.39 is 23.9 Å². The topological polar surface area (TPSA) is 173 Å². The van der Waals surface area contributed by atoms with Gasteiger partial charge >= 0.3 is 11.9 Å². The van der Waals surface area contributed by atoms with Gasteiger partial charge in [0, 0.05) is 24.8 Å². The van der Waals surface area contributed by atoms with Crippen molar-refractivity contribution in [1.82, 2.24) is 10.3 Å². The third kappa shape index (κ3) is 10.8. The number of hydrogen-bond donors (Lipinski definition) is 4. The van der Waals surface area contributed by atoms with Gasteiger partial charge in [0.05, 0.1) is 18.6 Å². The second-order valence-electron chi connectivity index (χ2n) is 11.3. The van der Waals surface area contributed by atoms with Crippen molar-refractivity contribution in [3.63, 3.8) is 0 Å². The number of nitrogens with zero attached hydrogens (tertiary/aromatic N) is 1. The van der Waals surface area contributed by atoms with Crippen LogP contribution >= 0.6 is 0 Å². The maximum atomic E-state index is 12.9. The van der Waals surface area contributed by atoms with E-state index in [0.717, 1.165) is 24.0 Å². The Bertz CT molecular complexity index is 1260. The molecule has 0 unspecified atom stereocenters. The van der Waals surface area contributed by atoms with Crippen LogP contribution in [0.5, 0.6) is 0 Å². The molecule has 0 bridgehead atoms. The lowest BCUT2D eigenvalue weighted by molar-refractivity contribution is -0.148. The van der Waals surface area contributed by atoms with Crippen LogP contribution in [0.4, 0.5) is 5.82 Å². The Labute approximate surface area is 247 Å². The Morgan fingerprint density at radius 2 is 1.83 bits per heavy atom. The monoisotopic (exact) mass is 584 g/mol. The van der Waals surface area contributed by atoms with Crippen LogP contribution in [0, 0.1) is 5.41 Å². The molecule has 3 rings (SSSR count). The number of benzene rings is 1. The van der Waals surface area contributed by atoms with Crippen molar-refractivity contribution in [2.45, 2.75) is 79.2 Å². The molecule has 2 aromatic rings. The van der Waals surface area contributed by atoms with E-state index in [1.807, 2.05) is 0 Å². The van der Waals surface area contributed by atoms with E-state index in [4.69, 9.17) is 20.3 Å². The van der Waals surface area contributed by atoms with Crippen LogP contribution in [-0.2, 0) is 31.9 Å². The number of fused-ring (bicyclic) bond motifs is 1. The van der Waals surface area contributed by atoms with E-state index in [9.17, 15) is 19.2 Å². The van der Waals surface area contributed by atoms with Crippen LogP contribution < -0.4 is 11.1 Å². The van der Waals surface area contributed by atoms with Gasteiger partial charge in [-0.2, -0.15) is 0 Å². The number of aromatic amines is 1. The lowest BCUT2D eigenvalue weighted by atomic mass is 9.91. The van der Waals surface area contributed by atoms with Crippen molar-refractivity contribution >= 4 is 35.3 Å². The Kier molecular flexibility index (Phi) is 12.9. The number of aliphatic imine (C=N–C) groups is 1. The highest BCUT2D eigenvalue weighted by atomic mass is 16.6. The van der Waals surface area contributed by atoms with E-state index in [0.29, 0.717) is 42.2 Å². The largest absolute Gasteiger partial charge is 0.481 e. The third-order valence-electron chi connectivity index (χ3n) is 6.64. The molecule has 1 atom stereocenters. The van der Waals surface area contributed by atoms with Crippen molar-refractivity contribution in [2.24, 2.45) is 16.1 Å². The van der Waals surface area contributed by atoms with E-state index >= 15 is 0 Å². The number of nitrogens with two attached hydrogens (primary N) is 1. The van der Waals surface area contributed by atoms with Gasteiger partial charge < -0.3 is 30.6 Å². The maximum absolute atomic E-state index is 12.9. The van der Waals surface area contributed by atoms with Gasteiger partial charge in [0.15, 0.2) is 5.78 Å². The third-order valence-corrected chi connectivity index (χ3v) is 6.64. The fourth-order valence-corrected chi connectivity index (χ4v) is 4.45. The molecule has 11 heteroatoms. The number of ether oxygens (including phenoxy) is 2. The van der Waals surface area contributed by atoms with Gasteiger partial charge in [-0.05, 0) is 60.8 Å². The molecule has 5 N–H and O–H groups in total. The lowest BCUT2D eigenvalue weighted by Gasteiger charge is -2.18. The van der Waals surface area contributed by atoms with Crippen molar-refractivity contribution in [2.75, 3.05) is 19.8 Å². The second kappa shape index (κ2) is 15.9. The Hall–Kier alpha value is -3.99. The quantitative estimate of drug-likeness (QED) is 0.176. The molecule has 1 aliphatic heterocycles. The molecule has 230 valence electrons. The van der Waals surface area contributed by atoms with E-state index in [1.165, 1.54) is 0 Å². The number of carbonyl (C=O) groups excluding carboxylic acids is 3. The predicted octanol–water partition coefficient (Wildman–Crippen LogP) is 4.36. The number of ketones is 1. The number of aryl methyl sites for hydroxylation is 2. The summed E-state index contributed by atoms with van der Waals surface area (Å²) in [5, 5.41) is 11.7. The number of esters is 1. The van der Waals surface area contributed by atoms with Gasteiger partial charge in [-0.15, -0.1) is 0 Å². The van der Waals surface area contributed by atoms with Gasteiger partial charge in [0.2, 0.25) is 0 Å². The zero-order chi connectivity index (χ0) is 30.0. The number of nitrogens with one attached hydrogen (secondary N) is 2. The number of amidine groups is 1. The number of carboxylic acids is 1. The molecule has 1 aliphatic rings. The van der Waals surface area contributed by atoms with E-state index in [2.05, 4.69) is 36.1 Å². The second-order valence-corrected chi connectivity index (χ2v) is 11.3. The number of carboxylic acid groups (broad SMARTS) is 1. The molecule has 42 heavy (non-hydrogen) atoms. The van der Waals surface area contributed by atoms with Crippen LogP contribution in [0.1, 0.15) is 92.1 Å². The summed E-state index contributed by atoms with van der Waals surface area (Å²) in [5.74, 6) is -1.58. The van der Waals surface area contributed by atoms with Crippen LogP contribution in [0.25, 0.3) is 0 Å². The van der Waals surface area contributed by atoms with E-state index in [1.54, 1.807) is 30.5 Å². The fraction of sp³-hybridized carbons (Fsp3) is 0.516. The van der Waals surface area contributed by atoms with Gasteiger partial charge in [-0.1, -0.05) is 40.3 Å². The first-order valence-corrected chi connectivity index (χ1v) is 13.9. The highest BCUT2D eigenvalue weighted by Gasteiger charge is 2.25. The van der Waals surface area contributed by atoms with Gasteiger partial charge in [-0.25, -0.2) is 9.79 Å². The molecule has 0 radical (unpaired) electrons. The van der Waals surface area contributed by atoms with Gasteiger partial charge in [0.25, 0.3) is 5.91 Å². The Balaban J connectivity index is 0.00000616. The summed E-state index contributed by atoms with van der Waals surface area (Å²) in [6.07, 6.45) is 4.61. The first-order chi connectivity index (χ1) is 19.4. The number of amides is 1. The first-order valence-electron chi connectivity index (χ1n) is 13.9. The summed E-state index contributed by atoms with van der Waals surface area (Å²) in [7, 11) is 0. The van der Waals surface area contributed by atoms with Gasteiger partial charge in [0.1, 0.15) is 24.3 Å². The van der Waals surface area contributed by atoms with Crippen LogP contribution in [0.2, 0.25) is 0 Å². The van der Waals surface area contributed by atoms with Gasteiger partial charge in [-0.3, -0.25) is 14.4 Å². The molecule has 0 spiro atoms. The average molecular weight is 585 g/mol. The van der Waals surface area contributed by atoms with Crippen LogP contribution in [0.15, 0.2) is 35.5 Å². The van der Waals surface area contributed by atoms with E-state index in [-0.39, 0.29) is 51.1 Å². The standard InChI is InChI=1S/C30H40N4O7.CH4/c1-30(2,3)13-4-14-40-15-16-41-29(39)22(11-12-25(36)37)33-28(38)20-8-5-19(6-9-20)7-10-21-18-32-27-26(21)23(35)17-24(31)34-27;/h5-6,8-9,18,22,32H,4,7,10-17H2,1-3H3,(H2,31,34)(H,33,38)(H,36,37);1H4/t22-;/m0./s1. The van der Waals surface area contributed by atoms with Crippen LogP contribution in [0.3, 0.4) is 0 Å². The normalized spacial score (nSPS) is 13.4. The zero-order valence-corrected chi connectivity index (χ0v) is 24.0. The number of Topliss-reactive ketones (excluding diaryl/α,β-unsaturated/α-hetero) is 1. The predicted molar refractivity (Wildman–Crippen MR) is 160 cm³/mol. The van der Waals surface area contributed by atoms with Crippen molar-refractivity contribution in [3.8, 4) is 0 Å². The molecule has 0 saturated carbocycles. The van der Waals surface area contributed by atoms with Crippen molar-refractivity contribution < 1.29 is 33.8 Å². The average Bonchev–Trinajstić information content (AvgIpc) is 3.31. The molecule has 1 aromatic heterocycles. The SMILES string of the molecule is C.CC(C)(C)CCCOCCOC(=O)[C@H](CCC(=O)O)NC(=O)c1ccc(CCc2c[nH]c3c2C(=O)CC(N)=N3)cc1. The summed E-state index contributed by atoms with van der Waals surface area (Å²) in [4.78, 5) is 56.1. The Morgan fingerprint density at radius 3 is 2.50 bits per heavy atom. The summed E-state index contributed by atoms with van der Waals surface area (Å²) in [6, 6.07) is 5.77. The molecule has 1 amide bonds. The number of hydrogen-bond acceptors (Lipinski definition) is 8. The summed E-state index contributed by atoms with van der Waals surface area (Å²) >= 11 is 0. The number of carbonyl (C=O) groups is 4. The Morgan fingerprint density at radius 1 is 1.12 bits per heavy atom. The molecule has 0 fully saturated rings. The number of H-pyrrole nitrogens is 1. The molecule has 11 nitrogen and oxygen atoms in total. The number of rotatable bonds is 15. The van der Waals surface area contributed by atoms with Crippen molar-refractivity contribution in [3.05, 3.63) is 52.7 Å². The molecule has 2 heterocycles. The smallest absolute Gasteiger partial charge is 0.328 e. The fourth-order valence-electron chi connectivity index (χ4n) is 4.45. The number of aromatic nitrogens is 1. The minimum Gasteiger partial charge on any atom is -0.481 e. The number of aliphatic carboxylic acids is 1. The molecular weight excluding hydrogens is 540 g/mol. The minimum absolute atomic E-state index is 0. The zero-order valence-electron chi connectivity index (χ0n) is 24.0. The summed E-state index contributed by atoms with van der Waals surface area (Å²) in [5.41, 5.74) is 8.63. The lowest BCUT2D eigenvalue weighted by Crippen LogP contribution is -2.42. The maximum Gasteiger partial charge on any atom is 0.328 e. The minimum atomic E-state index is -1.10. The molecule has 0 saturated heterocycles. The molecular formula is C31H44N4O7. The van der Waals surface area contributed by atoms with Crippen LogP contribution in [-0.4, -0.2) is 65.4 Å². The highest BCUT2D eigenvalue weighted by Crippen LogP contribution is 2.28. The molecule has 1 aromatic carbocycles. The highest BCUT2D eigenvalue weighted by molar-refractivity contribution is 6.15. The van der Waals surface area contributed by atoms with Crippen molar-refractivity contribution in [1.29, 1.82) is 0 Å². The molecule has 0 aliphatic carbocycles. The summed E-state index contributed by atoms with van der Waals surface area (Å²) < 4.78 is 10.8. The first kappa shape index (κ1) is 34.2. The summed E-state index contributed by atoms with van der Waals surface area (Å²) in [6.45, 7) is 7.25.